The van der Waals surface area contributed by atoms with Crippen LogP contribution in [0, 0.1) is 11.3 Å². The summed E-state index contributed by atoms with van der Waals surface area (Å²) in [6, 6.07) is 15.1. The summed E-state index contributed by atoms with van der Waals surface area (Å²) in [6.45, 7) is 0.332. The second-order valence-electron chi connectivity index (χ2n) is 8.28. The lowest BCUT2D eigenvalue weighted by Gasteiger charge is -2.33. The van der Waals surface area contributed by atoms with Gasteiger partial charge in [0.25, 0.3) is 5.56 Å². The van der Waals surface area contributed by atoms with E-state index in [0.29, 0.717) is 48.3 Å². The molecular weight excluding hydrogens is 459 g/mol. The van der Waals surface area contributed by atoms with E-state index >= 15 is 0 Å². The maximum atomic E-state index is 13.0. The number of hydrogen-bond acceptors (Lipinski definition) is 4. The smallest absolute Gasteiger partial charge is 0.319 e. The Morgan fingerprint density at radius 2 is 1.89 bits per heavy atom. The first-order valence-corrected chi connectivity index (χ1v) is 11.0. The third-order valence-corrected chi connectivity index (χ3v) is 5.86. The van der Waals surface area contributed by atoms with Gasteiger partial charge in [-0.05, 0) is 37.1 Å². The summed E-state index contributed by atoms with van der Waals surface area (Å²) >= 11 is 0. The summed E-state index contributed by atoms with van der Waals surface area (Å²) in [6.07, 6.45) is -3.07. The molecule has 2 aromatic carbocycles. The third kappa shape index (κ3) is 5.51. The quantitative estimate of drug-likeness (QED) is 0.484. The number of aromatic nitrogens is 2. The normalized spacial score (nSPS) is 15.3. The maximum absolute atomic E-state index is 13.0. The van der Waals surface area contributed by atoms with Crippen molar-refractivity contribution >= 4 is 11.7 Å². The van der Waals surface area contributed by atoms with Crippen LogP contribution in [0.15, 0.2) is 59.4 Å². The summed E-state index contributed by atoms with van der Waals surface area (Å²) in [7, 11) is 0. The molecule has 2 N–H and O–H groups in total. The van der Waals surface area contributed by atoms with Crippen LogP contribution in [0.25, 0.3) is 11.4 Å². The number of urea groups is 1. The Balaban J connectivity index is 1.65. The molecule has 4 rings (SSSR count). The first-order valence-electron chi connectivity index (χ1n) is 11.0. The largest absolute Gasteiger partial charge is 0.416 e. The number of alkyl halides is 3. The lowest BCUT2D eigenvalue weighted by Crippen LogP contribution is -2.43. The van der Waals surface area contributed by atoms with E-state index in [0.717, 1.165) is 12.1 Å². The van der Waals surface area contributed by atoms with Gasteiger partial charge in [-0.2, -0.15) is 18.4 Å². The van der Waals surface area contributed by atoms with E-state index in [1.165, 1.54) is 17.0 Å². The van der Waals surface area contributed by atoms with E-state index in [1.807, 2.05) is 6.07 Å². The van der Waals surface area contributed by atoms with Crippen molar-refractivity contribution in [2.24, 2.45) is 0 Å². The van der Waals surface area contributed by atoms with Crippen molar-refractivity contribution in [2.45, 2.75) is 37.9 Å². The number of nitrogens with one attached hydrogen (secondary N) is 2. The number of carbonyl (C=O) groups excluding carboxylic acids is 1. The van der Waals surface area contributed by atoms with Crippen LogP contribution >= 0.6 is 0 Å². The van der Waals surface area contributed by atoms with E-state index in [2.05, 4.69) is 21.4 Å². The number of para-hydroxylation sites is 1. The van der Waals surface area contributed by atoms with Crippen molar-refractivity contribution < 1.29 is 18.0 Å². The topological polar surface area (TPSA) is 102 Å². The molecule has 0 radical (unpaired) electrons. The summed E-state index contributed by atoms with van der Waals surface area (Å²) in [5.74, 6) is -0.140. The monoisotopic (exact) mass is 481 g/mol. The molecule has 0 saturated carbocycles. The highest BCUT2D eigenvalue weighted by Gasteiger charge is 2.33. The Labute approximate surface area is 199 Å². The minimum Gasteiger partial charge on any atom is -0.319 e. The van der Waals surface area contributed by atoms with Crippen LogP contribution in [-0.2, 0) is 12.7 Å². The molecule has 1 unspecified atom stereocenters. The highest BCUT2D eigenvalue weighted by molar-refractivity contribution is 5.89. The van der Waals surface area contributed by atoms with Crippen LogP contribution in [0.1, 0.15) is 42.0 Å². The van der Waals surface area contributed by atoms with Gasteiger partial charge in [0.15, 0.2) is 0 Å². The molecular formula is C25H22F3N5O2. The van der Waals surface area contributed by atoms with E-state index in [1.54, 1.807) is 24.3 Å². The van der Waals surface area contributed by atoms with Crippen LogP contribution in [0.4, 0.5) is 23.7 Å². The number of benzene rings is 2. The summed E-state index contributed by atoms with van der Waals surface area (Å²) < 4.78 is 38.7. The molecule has 35 heavy (non-hydrogen) atoms. The molecule has 1 aliphatic rings. The Bertz CT molecular complexity index is 1300. The number of nitriles is 1. The molecule has 2 amide bonds. The van der Waals surface area contributed by atoms with Crippen molar-refractivity contribution in [3.63, 3.8) is 0 Å². The molecule has 0 bridgehead atoms. The number of carbonyl (C=O) groups is 1. The fraction of sp³-hybridized carbons (Fsp3) is 0.280. The second-order valence-corrected chi connectivity index (χ2v) is 8.28. The molecule has 180 valence electrons. The zero-order chi connectivity index (χ0) is 25.0. The number of hydrogen-bond donors (Lipinski definition) is 2. The first kappa shape index (κ1) is 24.0. The number of aromatic amines is 1. The number of amides is 2. The van der Waals surface area contributed by atoms with Gasteiger partial charge in [-0.3, -0.25) is 4.79 Å². The molecule has 10 heteroatoms. The van der Waals surface area contributed by atoms with E-state index < -0.39 is 17.3 Å². The van der Waals surface area contributed by atoms with E-state index in [4.69, 9.17) is 5.26 Å². The van der Waals surface area contributed by atoms with Crippen molar-refractivity contribution in [3.8, 4) is 17.5 Å². The first-order chi connectivity index (χ1) is 16.8. The molecule has 1 aliphatic heterocycles. The molecule has 7 nitrogen and oxygen atoms in total. The van der Waals surface area contributed by atoms with E-state index in [9.17, 15) is 22.8 Å². The lowest BCUT2D eigenvalue weighted by atomic mass is 9.90. The average molecular weight is 481 g/mol. The second kappa shape index (κ2) is 10.0. The van der Waals surface area contributed by atoms with Crippen molar-refractivity contribution in [2.75, 3.05) is 11.9 Å². The Morgan fingerprint density at radius 1 is 1.17 bits per heavy atom. The Morgan fingerprint density at radius 3 is 2.54 bits per heavy atom. The molecule has 0 aliphatic carbocycles. The standard InChI is InChI=1S/C25H22F3N5O2/c26-25(27,28)18-11-9-16(10-12-18)22-31-21-17(6-4-5-13-29)14-33(15-20(21)23(34)32-22)24(35)30-19-7-2-1-3-8-19/h1-3,7-12,17H,4-6,14-15H2,(H,30,35)(H,31,32,34). The summed E-state index contributed by atoms with van der Waals surface area (Å²) in [5.41, 5.74) is 0.553. The molecule has 1 atom stereocenters. The van der Waals surface area contributed by atoms with Gasteiger partial charge in [-0.15, -0.1) is 0 Å². The maximum Gasteiger partial charge on any atom is 0.416 e. The number of unbranched alkanes of at least 4 members (excludes halogenated alkanes) is 1. The predicted molar refractivity (Wildman–Crippen MR) is 123 cm³/mol. The highest BCUT2D eigenvalue weighted by Crippen LogP contribution is 2.32. The Kier molecular flexibility index (Phi) is 6.87. The van der Waals surface area contributed by atoms with Crippen molar-refractivity contribution in [3.05, 3.63) is 81.8 Å². The van der Waals surface area contributed by atoms with Crippen molar-refractivity contribution in [1.82, 2.24) is 14.9 Å². The number of H-pyrrole nitrogens is 1. The fourth-order valence-corrected chi connectivity index (χ4v) is 4.10. The number of nitrogens with zero attached hydrogens (tertiary/aromatic N) is 3. The molecule has 3 aromatic rings. The van der Waals surface area contributed by atoms with Crippen LogP contribution in [-0.4, -0.2) is 27.4 Å². The number of fused-ring (bicyclic) bond motifs is 1. The number of rotatable bonds is 5. The third-order valence-electron chi connectivity index (χ3n) is 5.86. The van der Waals surface area contributed by atoms with Gasteiger partial charge in [-0.25, -0.2) is 9.78 Å². The predicted octanol–water partition coefficient (Wildman–Crippen LogP) is 5.28. The van der Waals surface area contributed by atoms with Crippen LogP contribution < -0.4 is 10.9 Å². The van der Waals surface area contributed by atoms with E-state index in [-0.39, 0.29) is 24.3 Å². The van der Waals surface area contributed by atoms with Gasteiger partial charge < -0.3 is 15.2 Å². The molecule has 2 heterocycles. The minimum absolute atomic E-state index is 0.0401. The summed E-state index contributed by atoms with van der Waals surface area (Å²) in [5, 5.41) is 11.8. The zero-order valence-electron chi connectivity index (χ0n) is 18.6. The van der Waals surface area contributed by atoms with Gasteiger partial charge in [0.1, 0.15) is 5.82 Å². The van der Waals surface area contributed by atoms with Crippen LogP contribution in [0.5, 0.6) is 0 Å². The SMILES string of the molecule is N#CCCCC1CN(C(=O)Nc2ccccc2)Cc2c1nc(-c1ccc(C(F)(F)F)cc1)[nH]c2=O. The molecule has 0 fully saturated rings. The minimum atomic E-state index is -4.47. The zero-order valence-corrected chi connectivity index (χ0v) is 18.6. The van der Waals surface area contributed by atoms with Gasteiger partial charge in [0.2, 0.25) is 0 Å². The van der Waals surface area contributed by atoms with Crippen LogP contribution in [0.3, 0.4) is 0 Å². The van der Waals surface area contributed by atoms with Gasteiger partial charge >= 0.3 is 12.2 Å². The Hall–Kier alpha value is -4.13. The summed E-state index contributed by atoms with van der Waals surface area (Å²) in [4.78, 5) is 34.7. The fourth-order valence-electron chi connectivity index (χ4n) is 4.10. The van der Waals surface area contributed by atoms with Gasteiger partial charge in [-0.1, -0.05) is 30.3 Å². The molecule has 0 saturated heterocycles. The number of anilines is 1. The van der Waals surface area contributed by atoms with Gasteiger partial charge in [0.05, 0.1) is 29.4 Å². The average Bonchev–Trinajstić information content (AvgIpc) is 2.84. The van der Waals surface area contributed by atoms with Crippen molar-refractivity contribution in [1.29, 1.82) is 5.26 Å². The molecule has 0 spiro atoms. The van der Waals surface area contributed by atoms with Crippen LogP contribution in [0.2, 0.25) is 0 Å². The molecule has 1 aromatic heterocycles. The highest BCUT2D eigenvalue weighted by atomic mass is 19.4. The van der Waals surface area contributed by atoms with Gasteiger partial charge in [0, 0.05) is 30.1 Å². The lowest BCUT2D eigenvalue weighted by molar-refractivity contribution is -0.137. The number of halogens is 3.